The number of carboxylic acid groups (broad SMARTS) is 2. The number of hydrogen-bond donors (Lipinski definition) is 2. The molecule has 0 saturated carbocycles. The first-order chi connectivity index (χ1) is 7.58. The summed E-state index contributed by atoms with van der Waals surface area (Å²) < 4.78 is 0. The summed E-state index contributed by atoms with van der Waals surface area (Å²) in [7, 11) is 0. The van der Waals surface area contributed by atoms with Crippen molar-refractivity contribution in [1.82, 2.24) is 9.88 Å². The van der Waals surface area contributed by atoms with E-state index in [1.54, 1.807) is 0 Å². The van der Waals surface area contributed by atoms with Crippen LogP contribution in [0.25, 0.3) is 0 Å². The Morgan fingerprint density at radius 1 is 1.31 bits per heavy atom. The first-order valence-corrected chi connectivity index (χ1v) is 4.77. The predicted octanol–water partition coefficient (Wildman–Crippen LogP) is 0.816. The molecule has 1 amide bonds. The molecule has 84 valence electrons. The van der Waals surface area contributed by atoms with Crippen LogP contribution in [0.5, 0.6) is 0 Å². The SMILES string of the molecule is O=C(O)c1cc2c(cn1)CCN(C(=O)O)C2. The molecule has 1 aliphatic heterocycles. The monoisotopic (exact) mass is 222 g/mol. The molecule has 2 N–H and O–H groups in total. The molecule has 0 unspecified atom stereocenters. The van der Waals surface area contributed by atoms with Crippen molar-refractivity contribution < 1.29 is 19.8 Å². The van der Waals surface area contributed by atoms with E-state index in [4.69, 9.17) is 10.2 Å². The second kappa shape index (κ2) is 3.80. The first kappa shape index (κ1) is 10.4. The van der Waals surface area contributed by atoms with Gasteiger partial charge in [0.15, 0.2) is 0 Å². The number of carbonyl (C=O) groups is 2. The summed E-state index contributed by atoms with van der Waals surface area (Å²) in [5, 5.41) is 17.6. The molecule has 0 fully saturated rings. The van der Waals surface area contributed by atoms with Crippen LogP contribution in [0.15, 0.2) is 12.3 Å². The fourth-order valence-electron chi connectivity index (χ4n) is 1.72. The third-order valence-corrected chi connectivity index (χ3v) is 2.58. The number of fused-ring (bicyclic) bond motifs is 1. The Morgan fingerprint density at radius 3 is 2.69 bits per heavy atom. The summed E-state index contributed by atoms with van der Waals surface area (Å²) in [6.07, 6.45) is 1.10. The summed E-state index contributed by atoms with van der Waals surface area (Å²) in [5.41, 5.74) is 1.59. The number of pyridine rings is 1. The Morgan fingerprint density at radius 2 is 2.06 bits per heavy atom. The highest BCUT2D eigenvalue weighted by Gasteiger charge is 2.21. The Balaban J connectivity index is 2.32. The molecule has 0 spiro atoms. The lowest BCUT2D eigenvalue weighted by Gasteiger charge is -2.26. The average Bonchev–Trinajstić information content (AvgIpc) is 2.27. The topological polar surface area (TPSA) is 90.7 Å². The Bertz CT molecular complexity index is 458. The molecule has 2 heterocycles. The minimum absolute atomic E-state index is 0.0500. The average molecular weight is 222 g/mol. The van der Waals surface area contributed by atoms with Gasteiger partial charge in [-0.1, -0.05) is 0 Å². The van der Waals surface area contributed by atoms with Crippen LogP contribution in [0.3, 0.4) is 0 Å². The van der Waals surface area contributed by atoms with E-state index in [0.717, 1.165) is 11.1 Å². The molecule has 0 atom stereocenters. The van der Waals surface area contributed by atoms with Crippen molar-refractivity contribution in [2.45, 2.75) is 13.0 Å². The minimum Gasteiger partial charge on any atom is -0.477 e. The van der Waals surface area contributed by atoms with Gasteiger partial charge in [-0.05, 0) is 23.6 Å². The number of carboxylic acids is 1. The van der Waals surface area contributed by atoms with Crippen molar-refractivity contribution in [2.75, 3.05) is 6.54 Å². The highest BCUT2D eigenvalue weighted by atomic mass is 16.4. The van der Waals surface area contributed by atoms with Gasteiger partial charge in [-0.2, -0.15) is 0 Å². The van der Waals surface area contributed by atoms with Gasteiger partial charge in [0.05, 0.1) is 0 Å². The first-order valence-electron chi connectivity index (χ1n) is 4.77. The standard InChI is InChI=1S/C10H10N2O4/c13-9(14)8-3-7-5-12(10(15)16)2-1-6(7)4-11-8/h3-4H,1-2,5H2,(H,13,14)(H,15,16). The van der Waals surface area contributed by atoms with Crippen molar-refractivity contribution in [3.63, 3.8) is 0 Å². The maximum absolute atomic E-state index is 10.8. The lowest BCUT2D eigenvalue weighted by molar-refractivity contribution is 0.0690. The molecular formula is C10H10N2O4. The van der Waals surface area contributed by atoms with E-state index in [1.165, 1.54) is 17.2 Å². The largest absolute Gasteiger partial charge is 0.477 e. The molecule has 1 aromatic rings. The molecule has 0 saturated heterocycles. The van der Waals surface area contributed by atoms with Crippen molar-refractivity contribution in [3.8, 4) is 0 Å². The fourth-order valence-corrected chi connectivity index (χ4v) is 1.72. The van der Waals surface area contributed by atoms with E-state index in [1.807, 2.05) is 0 Å². The van der Waals surface area contributed by atoms with Crippen LogP contribution in [0, 0.1) is 0 Å². The van der Waals surface area contributed by atoms with E-state index in [2.05, 4.69) is 4.98 Å². The van der Waals surface area contributed by atoms with Gasteiger partial charge in [0.1, 0.15) is 5.69 Å². The number of amides is 1. The van der Waals surface area contributed by atoms with Gasteiger partial charge in [0.2, 0.25) is 0 Å². The molecule has 6 nitrogen and oxygen atoms in total. The van der Waals surface area contributed by atoms with Crippen molar-refractivity contribution >= 4 is 12.1 Å². The van der Waals surface area contributed by atoms with Crippen LogP contribution >= 0.6 is 0 Å². The van der Waals surface area contributed by atoms with Gasteiger partial charge < -0.3 is 15.1 Å². The molecule has 16 heavy (non-hydrogen) atoms. The molecule has 6 heteroatoms. The Hall–Kier alpha value is -2.11. The second-order valence-corrected chi connectivity index (χ2v) is 3.60. The Kier molecular flexibility index (Phi) is 2.47. The van der Waals surface area contributed by atoms with Crippen molar-refractivity contribution in [3.05, 3.63) is 29.1 Å². The molecule has 0 radical (unpaired) electrons. The summed E-state index contributed by atoms with van der Waals surface area (Å²) >= 11 is 0. The van der Waals surface area contributed by atoms with Gasteiger partial charge in [-0.25, -0.2) is 14.6 Å². The molecule has 0 aromatic carbocycles. The number of aromatic nitrogens is 1. The third kappa shape index (κ3) is 1.81. The van der Waals surface area contributed by atoms with Gasteiger partial charge in [0, 0.05) is 19.3 Å². The predicted molar refractivity (Wildman–Crippen MR) is 53.3 cm³/mol. The molecule has 0 aliphatic carbocycles. The van der Waals surface area contributed by atoms with Crippen LogP contribution in [0.4, 0.5) is 4.79 Å². The van der Waals surface area contributed by atoms with Gasteiger partial charge in [0.25, 0.3) is 0 Å². The summed E-state index contributed by atoms with van der Waals surface area (Å²) in [4.78, 5) is 26.5. The van der Waals surface area contributed by atoms with Crippen LogP contribution in [-0.2, 0) is 13.0 Å². The van der Waals surface area contributed by atoms with Crippen LogP contribution in [-0.4, -0.2) is 38.7 Å². The summed E-state index contributed by atoms with van der Waals surface area (Å²) in [5.74, 6) is -1.10. The lowest BCUT2D eigenvalue weighted by Crippen LogP contribution is -2.35. The normalized spacial score (nSPS) is 14.4. The number of aromatic carboxylic acids is 1. The fraction of sp³-hybridized carbons (Fsp3) is 0.300. The van der Waals surface area contributed by atoms with Crippen LogP contribution in [0.1, 0.15) is 21.6 Å². The van der Waals surface area contributed by atoms with Crippen molar-refractivity contribution in [1.29, 1.82) is 0 Å². The smallest absolute Gasteiger partial charge is 0.407 e. The highest BCUT2D eigenvalue weighted by molar-refractivity contribution is 5.85. The summed E-state index contributed by atoms with van der Waals surface area (Å²) in [6, 6.07) is 1.44. The highest BCUT2D eigenvalue weighted by Crippen LogP contribution is 2.18. The van der Waals surface area contributed by atoms with E-state index < -0.39 is 12.1 Å². The molecule has 1 aliphatic rings. The lowest BCUT2D eigenvalue weighted by atomic mass is 10.0. The maximum Gasteiger partial charge on any atom is 0.407 e. The molecule has 2 rings (SSSR count). The molecule has 1 aromatic heterocycles. The van der Waals surface area contributed by atoms with Crippen molar-refractivity contribution in [2.24, 2.45) is 0 Å². The molecule has 0 bridgehead atoms. The van der Waals surface area contributed by atoms with Crippen LogP contribution < -0.4 is 0 Å². The zero-order valence-corrected chi connectivity index (χ0v) is 8.38. The minimum atomic E-state index is -1.10. The second-order valence-electron chi connectivity index (χ2n) is 3.60. The quantitative estimate of drug-likeness (QED) is 0.733. The van der Waals surface area contributed by atoms with E-state index >= 15 is 0 Å². The maximum atomic E-state index is 10.8. The number of rotatable bonds is 1. The molecular weight excluding hydrogens is 212 g/mol. The van der Waals surface area contributed by atoms with E-state index in [-0.39, 0.29) is 12.2 Å². The summed E-state index contributed by atoms with van der Waals surface area (Å²) in [6.45, 7) is 0.657. The Labute approximate surface area is 91.1 Å². The van der Waals surface area contributed by atoms with Gasteiger partial charge in [-0.15, -0.1) is 0 Å². The number of nitrogens with zero attached hydrogens (tertiary/aromatic N) is 2. The third-order valence-electron chi connectivity index (χ3n) is 2.58. The van der Waals surface area contributed by atoms with Gasteiger partial charge >= 0.3 is 12.1 Å². The van der Waals surface area contributed by atoms with Crippen LogP contribution in [0.2, 0.25) is 0 Å². The van der Waals surface area contributed by atoms with E-state index in [0.29, 0.717) is 13.0 Å². The van der Waals surface area contributed by atoms with E-state index in [9.17, 15) is 9.59 Å². The number of hydrogen-bond acceptors (Lipinski definition) is 3. The zero-order valence-electron chi connectivity index (χ0n) is 8.38. The zero-order chi connectivity index (χ0) is 11.7. The van der Waals surface area contributed by atoms with Gasteiger partial charge in [-0.3, -0.25) is 0 Å².